The second kappa shape index (κ2) is 11.4. The molecule has 11 nitrogen and oxygen atoms in total. The van der Waals surface area contributed by atoms with Gasteiger partial charge in [0.25, 0.3) is 0 Å². The highest BCUT2D eigenvalue weighted by molar-refractivity contribution is 6.31. The van der Waals surface area contributed by atoms with Crippen LogP contribution in [0.1, 0.15) is 50.7 Å². The van der Waals surface area contributed by atoms with Gasteiger partial charge in [-0.1, -0.05) is 25.4 Å². The average Bonchev–Trinajstić information content (AvgIpc) is 3.48. The average molecular weight is 540 g/mol. The van der Waals surface area contributed by atoms with Crippen molar-refractivity contribution < 1.29 is 38.8 Å². The molecule has 3 aliphatic heterocycles. The van der Waals surface area contributed by atoms with Crippen LogP contribution in [0.3, 0.4) is 0 Å². The van der Waals surface area contributed by atoms with Crippen molar-refractivity contribution in [1.82, 2.24) is 15.1 Å². The van der Waals surface area contributed by atoms with Gasteiger partial charge in [-0.25, -0.2) is 14.5 Å². The predicted octanol–water partition coefficient (Wildman–Crippen LogP) is 2.32. The first-order valence-electron chi connectivity index (χ1n) is 12.5. The zero-order valence-corrected chi connectivity index (χ0v) is 21.8. The van der Waals surface area contributed by atoms with E-state index in [0.29, 0.717) is 30.5 Å². The summed E-state index contributed by atoms with van der Waals surface area (Å²) in [4.78, 5) is 39.6. The van der Waals surface area contributed by atoms with Gasteiger partial charge in [-0.05, 0) is 42.4 Å². The fourth-order valence-electron chi connectivity index (χ4n) is 4.93. The Morgan fingerprint density at radius 3 is 2.68 bits per heavy atom. The molecule has 4 rings (SSSR count). The van der Waals surface area contributed by atoms with Gasteiger partial charge in [-0.15, -0.1) is 0 Å². The van der Waals surface area contributed by atoms with E-state index in [1.807, 2.05) is 19.9 Å². The number of fused-ring (bicyclic) bond motifs is 3. The summed E-state index contributed by atoms with van der Waals surface area (Å²) in [6.07, 6.45) is -0.321. The molecule has 0 spiro atoms. The highest BCUT2D eigenvalue weighted by Gasteiger charge is 2.42. The number of benzene rings is 1. The number of carboxylic acids is 1. The van der Waals surface area contributed by atoms with E-state index in [9.17, 15) is 24.6 Å². The Balaban J connectivity index is 1.52. The van der Waals surface area contributed by atoms with Crippen molar-refractivity contribution >= 4 is 29.6 Å². The Labute approximate surface area is 220 Å². The number of aliphatic hydroxyl groups is 1. The van der Waals surface area contributed by atoms with Gasteiger partial charge in [0.1, 0.15) is 18.3 Å². The van der Waals surface area contributed by atoms with Crippen molar-refractivity contribution in [2.45, 2.75) is 71.2 Å². The van der Waals surface area contributed by atoms with Gasteiger partial charge in [0.15, 0.2) is 0 Å². The maximum atomic E-state index is 12.8. The third-order valence-corrected chi connectivity index (χ3v) is 7.39. The van der Waals surface area contributed by atoms with E-state index in [1.165, 1.54) is 0 Å². The van der Waals surface area contributed by atoms with Crippen molar-refractivity contribution in [3.8, 4) is 5.75 Å². The highest BCUT2D eigenvalue weighted by atomic mass is 35.5. The summed E-state index contributed by atoms with van der Waals surface area (Å²) >= 11 is 6.43. The van der Waals surface area contributed by atoms with Crippen LogP contribution >= 0.6 is 11.6 Å². The first-order valence-corrected chi connectivity index (χ1v) is 12.9. The monoisotopic (exact) mass is 539 g/mol. The fourth-order valence-corrected chi connectivity index (χ4v) is 5.16. The second-order valence-corrected chi connectivity index (χ2v) is 10.9. The Bertz CT molecular complexity index is 1040. The van der Waals surface area contributed by atoms with Crippen LogP contribution in [-0.2, 0) is 32.2 Å². The van der Waals surface area contributed by atoms with E-state index in [2.05, 4.69) is 5.32 Å². The van der Waals surface area contributed by atoms with Crippen LogP contribution < -0.4 is 10.1 Å². The Morgan fingerprint density at radius 2 is 1.92 bits per heavy atom. The van der Waals surface area contributed by atoms with E-state index >= 15 is 0 Å². The van der Waals surface area contributed by atoms with Crippen LogP contribution in [0.25, 0.3) is 0 Å². The standard InChI is InChI=1S/C25H34ClN3O8/c1-25(2)7-3-4-8-35-20-6-5-18(26)16-12-28(13-17(16)20)24(34)37-15-9-19(22(31)32)29(11-15)21(30)10-27-23(33)36-14-25/h5-6,15,19,24,34H,3-4,7-14H2,1-2H3,(H,27,33)(H,31,32). The van der Waals surface area contributed by atoms with Crippen LogP contribution in [0.15, 0.2) is 12.1 Å². The zero-order valence-electron chi connectivity index (χ0n) is 21.1. The molecule has 0 aromatic heterocycles. The number of amides is 2. The van der Waals surface area contributed by atoms with Crippen LogP contribution in [-0.4, -0.2) is 82.8 Å². The number of rotatable bonds is 1. The summed E-state index contributed by atoms with van der Waals surface area (Å²) in [7, 11) is 0. The molecular formula is C25H34ClN3O8. The van der Waals surface area contributed by atoms with Gasteiger partial charge < -0.3 is 34.6 Å². The molecule has 4 bridgehead atoms. The van der Waals surface area contributed by atoms with Crippen molar-refractivity contribution in [1.29, 1.82) is 0 Å². The third kappa shape index (κ3) is 6.64. The van der Waals surface area contributed by atoms with Crippen LogP contribution in [0.4, 0.5) is 4.79 Å². The molecule has 3 aliphatic rings. The third-order valence-electron chi connectivity index (χ3n) is 7.03. The van der Waals surface area contributed by atoms with E-state index in [0.717, 1.165) is 35.3 Å². The number of nitrogens with zero attached hydrogens (tertiary/aromatic N) is 2. The van der Waals surface area contributed by atoms with Gasteiger partial charge in [-0.3, -0.25) is 4.79 Å². The second-order valence-electron chi connectivity index (χ2n) is 10.5. The SMILES string of the molecule is CC1(C)CCCCOc2ccc(Cl)c3c2CN(C3)C(O)OC2CC(C(=O)O)N(C2)C(=O)CNC(=O)OC1. The summed E-state index contributed by atoms with van der Waals surface area (Å²) in [6, 6.07) is 2.46. The van der Waals surface area contributed by atoms with Gasteiger partial charge in [0.2, 0.25) is 12.3 Å². The molecule has 204 valence electrons. The summed E-state index contributed by atoms with van der Waals surface area (Å²) in [5.41, 5.74) is 1.46. The van der Waals surface area contributed by atoms with Crippen molar-refractivity contribution in [3.63, 3.8) is 0 Å². The number of aliphatic carboxylic acids is 1. The quantitative estimate of drug-likeness (QED) is 0.490. The number of halogens is 1. The van der Waals surface area contributed by atoms with Crippen LogP contribution in [0, 0.1) is 5.41 Å². The number of carbonyl (C=O) groups excluding carboxylic acids is 2. The number of hydrogen-bond acceptors (Lipinski definition) is 8. The molecule has 0 aliphatic carbocycles. The maximum absolute atomic E-state index is 12.8. The fraction of sp³-hybridized carbons (Fsp3) is 0.640. The molecule has 2 amide bonds. The Kier molecular flexibility index (Phi) is 8.47. The number of carbonyl (C=O) groups is 3. The molecule has 0 radical (unpaired) electrons. The lowest BCUT2D eigenvalue weighted by molar-refractivity contribution is -0.218. The summed E-state index contributed by atoms with van der Waals surface area (Å²) < 4.78 is 17.2. The Hall–Kier alpha value is -2.60. The lowest BCUT2D eigenvalue weighted by Crippen LogP contribution is -2.46. The van der Waals surface area contributed by atoms with Gasteiger partial charge >= 0.3 is 12.1 Å². The van der Waals surface area contributed by atoms with Crippen LogP contribution in [0.2, 0.25) is 5.02 Å². The topological polar surface area (TPSA) is 138 Å². The lowest BCUT2D eigenvalue weighted by atomic mass is 9.88. The number of aliphatic hydroxyl groups excluding tert-OH is 1. The highest BCUT2D eigenvalue weighted by Crippen LogP contribution is 2.37. The minimum absolute atomic E-state index is 0.00662. The summed E-state index contributed by atoms with van der Waals surface area (Å²) in [5.74, 6) is -1.06. The molecule has 37 heavy (non-hydrogen) atoms. The summed E-state index contributed by atoms with van der Waals surface area (Å²) in [6.45, 7) is 4.91. The molecule has 0 saturated carbocycles. The zero-order chi connectivity index (χ0) is 26.7. The first-order chi connectivity index (χ1) is 17.5. The molecule has 4 unspecified atom stereocenters. The van der Waals surface area contributed by atoms with Gasteiger partial charge in [0.05, 0.1) is 19.3 Å². The molecule has 4 atom stereocenters. The molecule has 1 fully saturated rings. The first kappa shape index (κ1) is 27.4. The minimum atomic E-state index is -1.34. The van der Waals surface area contributed by atoms with Gasteiger partial charge in [0, 0.05) is 36.6 Å². The molecule has 1 saturated heterocycles. The smallest absolute Gasteiger partial charge is 0.407 e. The molecule has 12 heteroatoms. The number of carboxylic acid groups (broad SMARTS) is 1. The lowest BCUT2D eigenvalue weighted by Gasteiger charge is -2.25. The van der Waals surface area contributed by atoms with E-state index in [4.69, 9.17) is 25.8 Å². The van der Waals surface area contributed by atoms with E-state index in [1.54, 1.807) is 11.0 Å². The maximum Gasteiger partial charge on any atom is 0.407 e. The molecule has 1 aromatic carbocycles. The molecule has 3 heterocycles. The van der Waals surface area contributed by atoms with Crippen molar-refractivity contribution in [2.75, 3.05) is 26.3 Å². The number of cyclic esters (lactones) is 1. The summed E-state index contributed by atoms with van der Waals surface area (Å²) in [5, 5.41) is 23.4. The van der Waals surface area contributed by atoms with E-state index in [-0.39, 0.29) is 25.0 Å². The van der Waals surface area contributed by atoms with Crippen LogP contribution in [0.5, 0.6) is 5.75 Å². The number of alkyl carbamates (subject to hydrolysis) is 1. The predicted molar refractivity (Wildman–Crippen MR) is 132 cm³/mol. The number of hydrogen-bond donors (Lipinski definition) is 3. The number of ether oxygens (including phenoxy) is 3. The number of nitrogens with one attached hydrogen (secondary N) is 1. The van der Waals surface area contributed by atoms with Crippen molar-refractivity contribution in [2.24, 2.45) is 5.41 Å². The molecule has 1 aromatic rings. The minimum Gasteiger partial charge on any atom is -0.493 e. The van der Waals surface area contributed by atoms with Crippen molar-refractivity contribution in [3.05, 3.63) is 28.3 Å². The van der Waals surface area contributed by atoms with E-state index < -0.39 is 43.1 Å². The Morgan fingerprint density at radius 1 is 1.16 bits per heavy atom. The molecule has 3 N–H and O–H groups in total. The van der Waals surface area contributed by atoms with Gasteiger partial charge in [-0.2, -0.15) is 0 Å². The largest absolute Gasteiger partial charge is 0.493 e. The molecular weight excluding hydrogens is 506 g/mol. The normalized spacial score (nSPS) is 29.0.